The summed E-state index contributed by atoms with van der Waals surface area (Å²) in [5.41, 5.74) is 2.63. The fraction of sp³-hybridized carbons (Fsp3) is 0.385. The predicted molar refractivity (Wildman–Crippen MR) is 67.8 cm³/mol. The van der Waals surface area contributed by atoms with Crippen LogP contribution in [-0.2, 0) is 12.8 Å². The summed E-state index contributed by atoms with van der Waals surface area (Å²) in [4.78, 5) is 3.62. The van der Waals surface area contributed by atoms with Crippen LogP contribution in [0.3, 0.4) is 0 Å². The van der Waals surface area contributed by atoms with E-state index in [0.717, 1.165) is 12.8 Å². The van der Waals surface area contributed by atoms with Crippen molar-refractivity contribution in [3.05, 3.63) is 35.4 Å². The zero-order chi connectivity index (χ0) is 12.8. The normalized spacial score (nSPS) is 15.0. The first-order chi connectivity index (χ1) is 8.83. The fourth-order valence-corrected chi connectivity index (χ4v) is 2.19. The molecule has 1 aromatic carbocycles. The zero-order valence-electron chi connectivity index (χ0n) is 9.99. The largest absolute Gasteiger partial charge is 0.353 e. The molecule has 0 unspecified atom stereocenters. The van der Waals surface area contributed by atoms with Gasteiger partial charge in [-0.2, -0.15) is 5.26 Å². The van der Waals surface area contributed by atoms with Crippen molar-refractivity contribution in [1.82, 2.24) is 10.6 Å². The Balaban J connectivity index is 1.95. The molecule has 2 N–H and O–H groups in total. The van der Waals surface area contributed by atoms with Crippen LogP contribution in [0.1, 0.15) is 11.1 Å². The maximum Gasteiger partial charge on any atom is 0.209 e. The molecule has 1 aliphatic rings. The van der Waals surface area contributed by atoms with E-state index in [0.29, 0.717) is 5.96 Å². The van der Waals surface area contributed by atoms with Gasteiger partial charge in [-0.15, -0.1) is 4.99 Å². The van der Waals surface area contributed by atoms with E-state index in [1.54, 1.807) is 6.19 Å². The maximum atomic E-state index is 12.1. The number of nitriles is 1. The molecule has 0 bridgehead atoms. The van der Waals surface area contributed by atoms with Crippen LogP contribution in [0.25, 0.3) is 0 Å². The van der Waals surface area contributed by atoms with Crippen molar-refractivity contribution in [3.8, 4) is 6.19 Å². The molecule has 5 heteroatoms. The molecule has 0 radical (unpaired) electrons. The van der Waals surface area contributed by atoms with Crippen molar-refractivity contribution in [2.45, 2.75) is 18.9 Å². The van der Waals surface area contributed by atoms with Gasteiger partial charge < -0.3 is 10.6 Å². The average molecular weight is 246 g/mol. The van der Waals surface area contributed by atoms with Gasteiger partial charge >= 0.3 is 0 Å². The number of guanidine groups is 1. The molecular formula is C13H15FN4. The van der Waals surface area contributed by atoms with E-state index < -0.39 is 6.67 Å². The van der Waals surface area contributed by atoms with Crippen LogP contribution in [-0.4, -0.2) is 25.2 Å². The number of hydrogen-bond acceptors (Lipinski definition) is 2. The van der Waals surface area contributed by atoms with Crippen molar-refractivity contribution < 1.29 is 4.39 Å². The number of alkyl halides is 1. The van der Waals surface area contributed by atoms with Crippen LogP contribution in [0.5, 0.6) is 0 Å². The Morgan fingerprint density at radius 3 is 2.61 bits per heavy atom. The summed E-state index contributed by atoms with van der Waals surface area (Å²) in [7, 11) is 0. The first kappa shape index (κ1) is 12.4. The molecule has 1 aliphatic carbocycles. The molecule has 0 heterocycles. The minimum Gasteiger partial charge on any atom is -0.353 e. The Morgan fingerprint density at radius 2 is 2.06 bits per heavy atom. The smallest absolute Gasteiger partial charge is 0.209 e. The maximum absolute atomic E-state index is 12.1. The van der Waals surface area contributed by atoms with Crippen LogP contribution in [0.15, 0.2) is 29.3 Å². The van der Waals surface area contributed by atoms with E-state index in [1.807, 2.05) is 12.1 Å². The number of hydrogen-bond donors (Lipinski definition) is 2. The number of nitrogens with one attached hydrogen (secondary N) is 2. The predicted octanol–water partition coefficient (Wildman–Crippen LogP) is 1.14. The lowest BCUT2D eigenvalue weighted by atomic mass is 10.1. The van der Waals surface area contributed by atoms with Crippen molar-refractivity contribution in [3.63, 3.8) is 0 Å². The lowest BCUT2D eigenvalue weighted by Gasteiger charge is -2.15. The minimum absolute atomic E-state index is 0.160. The molecule has 0 atom stereocenters. The van der Waals surface area contributed by atoms with Crippen LogP contribution >= 0.6 is 0 Å². The molecule has 2 rings (SSSR count). The summed E-state index contributed by atoms with van der Waals surface area (Å²) in [5.74, 6) is 0.355. The molecule has 1 aromatic rings. The Kier molecular flexibility index (Phi) is 4.13. The van der Waals surface area contributed by atoms with Crippen LogP contribution in [0, 0.1) is 11.5 Å². The number of aliphatic imine (C=N–C) groups is 1. The molecule has 0 saturated heterocycles. The monoisotopic (exact) mass is 246 g/mol. The van der Waals surface area contributed by atoms with E-state index in [4.69, 9.17) is 5.26 Å². The minimum atomic E-state index is -0.489. The van der Waals surface area contributed by atoms with Gasteiger partial charge in [0.15, 0.2) is 0 Å². The van der Waals surface area contributed by atoms with Gasteiger partial charge in [-0.3, -0.25) is 0 Å². The first-order valence-electron chi connectivity index (χ1n) is 5.93. The topological polar surface area (TPSA) is 60.2 Å². The number of fused-ring (bicyclic) bond motifs is 1. The lowest BCUT2D eigenvalue weighted by molar-refractivity contribution is 0.487. The quantitative estimate of drug-likeness (QED) is 0.477. The van der Waals surface area contributed by atoms with Gasteiger partial charge in [0.25, 0.3) is 0 Å². The second kappa shape index (κ2) is 6.01. The Morgan fingerprint density at radius 1 is 1.39 bits per heavy atom. The number of halogens is 1. The molecular weight excluding hydrogens is 231 g/mol. The molecule has 0 saturated carbocycles. The van der Waals surface area contributed by atoms with Crippen LogP contribution in [0.2, 0.25) is 0 Å². The first-order valence-corrected chi connectivity index (χ1v) is 5.93. The van der Waals surface area contributed by atoms with Gasteiger partial charge in [0.2, 0.25) is 12.2 Å². The summed E-state index contributed by atoms with van der Waals surface area (Å²) >= 11 is 0. The highest BCUT2D eigenvalue weighted by atomic mass is 19.1. The van der Waals surface area contributed by atoms with Crippen LogP contribution < -0.4 is 10.6 Å². The lowest BCUT2D eigenvalue weighted by Crippen LogP contribution is -2.44. The van der Waals surface area contributed by atoms with Crippen molar-refractivity contribution in [2.75, 3.05) is 13.2 Å². The summed E-state index contributed by atoms with van der Waals surface area (Å²) in [5, 5.41) is 14.5. The Hall–Kier alpha value is -2.09. The number of nitrogens with zero attached hydrogens (tertiary/aromatic N) is 2. The number of rotatable bonds is 3. The molecule has 0 amide bonds. The Bertz CT molecular complexity index is 453. The molecule has 0 aliphatic heterocycles. The molecule has 0 fully saturated rings. The van der Waals surface area contributed by atoms with Crippen molar-refractivity contribution >= 4 is 5.96 Å². The SMILES string of the molecule is N#C/N=C(/NCCF)NC1Cc2ccccc2C1. The third-order valence-electron chi connectivity index (χ3n) is 2.94. The third-order valence-corrected chi connectivity index (χ3v) is 2.94. The van der Waals surface area contributed by atoms with E-state index in [-0.39, 0.29) is 12.6 Å². The highest BCUT2D eigenvalue weighted by Gasteiger charge is 2.21. The summed E-state index contributed by atoms with van der Waals surface area (Å²) in [6.07, 6.45) is 3.51. The van der Waals surface area contributed by atoms with Gasteiger partial charge in [0.1, 0.15) is 6.67 Å². The van der Waals surface area contributed by atoms with Gasteiger partial charge in [-0.05, 0) is 24.0 Å². The Labute approximate surface area is 106 Å². The standard InChI is InChI=1S/C13H15FN4/c14-5-6-16-13(17-9-15)18-12-7-10-3-1-2-4-11(10)8-12/h1-4,12H,5-8H2,(H2,16,17,18). The highest BCUT2D eigenvalue weighted by molar-refractivity contribution is 5.81. The van der Waals surface area contributed by atoms with E-state index in [1.165, 1.54) is 11.1 Å². The summed E-state index contributed by atoms with van der Waals surface area (Å²) in [6.45, 7) is -0.329. The highest BCUT2D eigenvalue weighted by Crippen LogP contribution is 2.21. The van der Waals surface area contributed by atoms with E-state index >= 15 is 0 Å². The van der Waals surface area contributed by atoms with Gasteiger partial charge in [-0.25, -0.2) is 4.39 Å². The fourth-order valence-electron chi connectivity index (χ4n) is 2.19. The van der Waals surface area contributed by atoms with Crippen molar-refractivity contribution in [2.24, 2.45) is 4.99 Å². The third kappa shape index (κ3) is 2.98. The van der Waals surface area contributed by atoms with E-state index in [9.17, 15) is 4.39 Å². The number of benzene rings is 1. The van der Waals surface area contributed by atoms with Gasteiger partial charge in [-0.1, -0.05) is 24.3 Å². The molecule has 94 valence electrons. The molecule has 0 aromatic heterocycles. The van der Waals surface area contributed by atoms with Crippen LogP contribution in [0.4, 0.5) is 4.39 Å². The van der Waals surface area contributed by atoms with Gasteiger partial charge in [0, 0.05) is 12.6 Å². The van der Waals surface area contributed by atoms with E-state index in [2.05, 4.69) is 27.8 Å². The zero-order valence-corrected chi connectivity index (χ0v) is 9.99. The molecule has 18 heavy (non-hydrogen) atoms. The van der Waals surface area contributed by atoms with Crippen molar-refractivity contribution in [1.29, 1.82) is 5.26 Å². The van der Waals surface area contributed by atoms with Gasteiger partial charge in [0.05, 0.1) is 0 Å². The summed E-state index contributed by atoms with van der Waals surface area (Å²) < 4.78 is 12.1. The average Bonchev–Trinajstić information content (AvgIpc) is 2.78. The molecule has 0 spiro atoms. The molecule has 4 nitrogen and oxygen atoms in total. The second-order valence-corrected chi connectivity index (χ2v) is 4.19. The second-order valence-electron chi connectivity index (χ2n) is 4.19. The summed E-state index contributed by atoms with van der Waals surface area (Å²) in [6, 6.07) is 8.46.